The Hall–Kier alpha value is -0.0400. The van der Waals surface area contributed by atoms with Crippen molar-refractivity contribution in [2.45, 2.75) is 6.04 Å². The summed E-state index contributed by atoms with van der Waals surface area (Å²) in [4.78, 5) is 2.18. The van der Waals surface area contributed by atoms with Gasteiger partial charge < -0.3 is 4.90 Å². The van der Waals surface area contributed by atoms with Crippen LogP contribution in [-0.4, -0.2) is 24.5 Å². The van der Waals surface area contributed by atoms with Crippen LogP contribution >= 0.6 is 0 Å². The highest BCUT2D eigenvalue weighted by Crippen LogP contribution is 2.08. The number of hydrogen-bond acceptors (Lipinski definition) is 1. The molecule has 0 spiro atoms. The average molecular weight is 70.1 g/mol. The van der Waals surface area contributed by atoms with E-state index in [4.69, 9.17) is 0 Å². The van der Waals surface area contributed by atoms with E-state index in [0.29, 0.717) is 6.04 Å². The van der Waals surface area contributed by atoms with Crippen molar-refractivity contribution >= 4 is 0 Å². The molecule has 0 aromatic heterocycles. The Morgan fingerprint density at radius 3 is 2.20 bits per heavy atom. The molecule has 1 aliphatic heterocycles. The van der Waals surface area contributed by atoms with Crippen molar-refractivity contribution in [2.24, 2.45) is 0 Å². The lowest BCUT2D eigenvalue weighted by Gasteiger charge is -1.75. The van der Waals surface area contributed by atoms with Crippen LogP contribution in [0.2, 0.25) is 0 Å². The van der Waals surface area contributed by atoms with Gasteiger partial charge >= 0.3 is 0 Å². The fourth-order valence-electron chi connectivity index (χ4n) is 0.285. The molecule has 0 aromatic carbocycles. The highest BCUT2D eigenvalue weighted by atomic mass is 15.3. The quantitative estimate of drug-likeness (QED) is 0.366. The van der Waals surface area contributed by atoms with E-state index in [1.807, 2.05) is 0 Å². The van der Waals surface area contributed by atoms with E-state index < -0.39 is 0 Å². The fourth-order valence-corrected chi connectivity index (χ4v) is 0.285. The zero-order valence-corrected chi connectivity index (χ0v) is 3.44. The Morgan fingerprint density at radius 1 is 2.00 bits per heavy atom. The maximum Gasteiger partial charge on any atom is 0.0221 e. The molecule has 0 aromatic rings. The fraction of sp³-hybridized carbons (Fsp3) is 0.750. The summed E-state index contributed by atoms with van der Waals surface area (Å²) in [7, 11) is 2.07. The molecule has 1 heteroatoms. The molecule has 1 heterocycles. The molecule has 2 unspecified atom stereocenters. The van der Waals surface area contributed by atoms with Crippen LogP contribution in [0.25, 0.3) is 0 Å². The third-order valence-electron chi connectivity index (χ3n) is 0.988. The van der Waals surface area contributed by atoms with Crippen LogP contribution in [0.15, 0.2) is 0 Å². The van der Waals surface area contributed by atoms with Crippen LogP contribution in [0.4, 0.5) is 0 Å². The van der Waals surface area contributed by atoms with Gasteiger partial charge in [-0.05, 0) is 14.0 Å². The first kappa shape index (κ1) is 3.16. The van der Waals surface area contributed by atoms with E-state index in [1.165, 1.54) is 6.54 Å². The SMILES string of the molecule is [CH2]C1CN1C. The lowest BCUT2D eigenvalue weighted by molar-refractivity contribution is 0.659. The number of hydrogen-bond donors (Lipinski definition) is 0. The van der Waals surface area contributed by atoms with Gasteiger partial charge in [-0.25, -0.2) is 0 Å². The second-order valence-corrected chi connectivity index (χ2v) is 1.59. The van der Waals surface area contributed by atoms with Crippen LogP contribution in [0.5, 0.6) is 0 Å². The van der Waals surface area contributed by atoms with Crippen molar-refractivity contribution in [3.8, 4) is 0 Å². The number of rotatable bonds is 0. The van der Waals surface area contributed by atoms with E-state index >= 15 is 0 Å². The van der Waals surface area contributed by atoms with Gasteiger partial charge in [0.15, 0.2) is 0 Å². The van der Waals surface area contributed by atoms with Gasteiger partial charge in [-0.2, -0.15) is 0 Å². The zero-order chi connectivity index (χ0) is 3.86. The van der Waals surface area contributed by atoms with Crippen LogP contribution in [0, 0.1) is 6.92 Å². The zero-order valence-electron chi connectivity index (χ0n) is 3.44. The van der Waals surface area contributed by atoms with Crippen LogP contribution in [0.1, 0.15) is 0 Å². The van der Waals surface area contributed by atoms with Crippen LogP contribution in [-0.2, 0) is 0 Å². The first-order valence-electron chi connectivity index (χ1n) is 1.84. The maximum atomic E-state index is 3.76. The summed E-state index contributed by atoms with van der Waals surface area (Å²) in [6, 6.07) is 0.634. The van der Waals surface area contributed by atoms with Gasteiger partial charge in [-0.3, -0.25) is 0 Å². The van der Waals surface area contributed by atoms with Gasteiger partial charge in [0.2, 0.25) is 0 Å². The van der Waals surface area contributed by atoms with Crippen molar-refractivity contribution in [3.05, 3.63) is 6.92 Å². The molecule has 0 amide bonds. The van der Waals surface area contributed by atoms with Gasteiger partial charge in [0, 0.05) is 12.6 Å². The smallest absolute Gasteiger partial charge is 0.0221 e. The van der Waals surface area contributed by atoms with E-state index in [-0.39, 0.29) is 0 Å². The van der Waals surface area contributed by atoms with Crippen molar-refractivity contribution in [2.75, 3.05) is 13.6 Å². The third-order valence-corrected chi connectivity index (χ3v) is 0.988. The molecule has 0 aliphatic carbocycles. The summed E-state index contributed by atoms with van der Waals surface area (Å²) in [5.41, 5.74) is 0. The van der Waals surface area contributed by atoms with Crippen molar-refractivity contribution < 1.29 is 0 Å². The molecule has 1 aliphatic rings. The van der Waals surface area contributed by atoms with Crippen molar-refractivity contribution in [1.29, 1.82) is 0 Å². The summed E-state index contributed by atoms with van der Waals surface area (Å²) in [5, 5.41) is 0. The minimum atomic E-state index is 0.634. The van der Waals surface area contributed by atoms with Gasteiger partial charge in [-0.15, -0.1) is 0 Å². The van der Waals surface area contributed by atoms with E-state index in [2.05, 4.69) is 18.9 Å². The molecule has 29 valence electrons. The minimum absolute atomic E-state index is 0.634. The van der Waals surface area contributed by atoms with Gasteiger partial charge in [0.25, 0.3) is 0 Å². The summed E-state index contributed by atoms with van der Waals surface area (Å²) < 4.78 is 0. The Morgan fingerprint density at radius 2 is 2.20 bits per heavy atom. The molecule has 1 fully saturated rings. The molecule has 5 heavy (non-hydrogen) atoms. The first-order chi connectivity index (χ1) is 2.30. The molecule has 1 nitrogen and oxygen atoms in total. The molecule has 2 atom stereocenters. The topological polar surface area (TPSA) is 3.01 Å². The molecule has 1 radical (unpaired) electrons. The van der Waals surface area contributed by atoms with E-state index in [1.54, 1.807) is 0 Å². The molecule has 0 bridgehead atoms. The summed E-state index contributed by atoms with van der Waals surface area (Å²) in [6.07, 6.45) is 0. The Kier molecular flexibility index (Phi) is 0.453. The lowest BCUT2D eigenvalue weighted by Crippen LogP contribution is -1.84. The molecular weight excluding hydrogens is 62.1 g/mol. The number of likely N-dealkylation sites (N-methyl/N-ethyl adjacent to an activating group) is 1. The lowest BCUT2D eigenvalue weighted by atomic mass is 10.6. The van der Waals surface area contributed by atoms with Crippen molar-refractivity contribution in [1.82, 2.24) is 4.90 Å². The predicted molar refractivity (Wildman–Crippen MR) is 21.8 cm³/mol. The first-order valence-corrected chi connectivity index (χ1v) is 1.84. The van der Waals surface area contributed by atoms with Gasteiger partial charge in [0.1, 0.15) is 0 Å². The normalized spacial score (nSPS) is 49.2. The van der Waals surface area contributed by atoms with Crippen molar-refractivity contribution in [3.63, 3.8) is 0 Å². The average Bonchev–Trinajstić information content (AvgIpc) is 1.79. The van der Waals surface area contributed by atoms with E-state index in [0.717, 1.165) is 0 Å². The second-order valence-electron chi connectivity index (χ2n) is 1.59. The standard InChI is InChI=1S/C4H8N/c1-4-3-5(4)2/h4H,1,3H2,2H3. The highest BCUT2D eigenvalue weighted by molar-refractivity contribution is 4.87. The minimum Gasteiger partial charge on any atom is -0.301 e. The number of nitrogens with zero attached hydrogens (tertiary/aromatic N) is 1. The molecule has 0 saturated carbocycles. The summed E-state index contributed by atoms with van der Waals surface area (Å²) in [6.45, 7) is 4.95. The van der Waals surface area contributed by atoms with E-state index in [9.17, 15) is 0 Å². The molecule has 1 rings (SSSR count). The molecular formula is C4H8N. The summed E-state index contributed by atoms with van der Waals surface area (Å²) in [5.74, 6) is 0. The largest absolute Gasteiger partial charge is 0.301 e. The Balaban J connectivity index is 2.20. The summed E-state index contributed by atoms with van der Waals surface area (Å²) >= 11 is 0. The predicted octanol–water partition coefficient (Wildman–Crippen LogP) is 0.134. The van der Waals surface area contributed by atoms with Crippen LogP contribution < -0.4 is 0 Å². The molecule has 0 N–H and O–H groups in total. The molecule has 1 saturated heterocycles. The van der Waals surface area contributed by atoms with Gasteiger partial charge in [-0.1, -0.05) is 0 Å². The highest BCUT2D eigenvalue weighted by Gasteiger charge is 2.22. The second kappa shape index (κ2) is 0.716. The third kappa shape index (κ3) is 0.428. The van der Waals surface area contributed by atoms with Gasteiger partial charge in [0.05, 0.1) is 0 Å². The maximum absolute atomic E-state index is 3.76. The monoisotopic (exact) mass is 70.1 g/mol. The Bertz CT molecular complexity index is 36.9. The Labute approximate surface area is 32.6 Å². The van der Waals surface area contributed by atoms with Crippen LogP contribution in [0.3, 0.4) is 0 Å².